The number of rotatable bonds is 3. The highest BCUT2D eigenvalue weighted by molar-refractivity contribution is 6.68. The molecule has 86 valence electrons. The third-order valence-corrected chi connectivity index (χ3v) is 2.38. The summed E-state index contributed by atoms with van der Waals surface area (Å²) in [6.07, 6.45) is 12.3. The lowest BCUT2D eigenvalue weighted by Crippen LogP contribution is -1.84. The molecule has 1 aliphatic rings. The van der Waals surface area contributed by atoms with Crippen LogP contribution in [0.1, 0.15) is 33.6 Å². The minimum atomic E-state index is 0.535. The quantitative estimate of drug-likeness (QED) is 0.625. The van der Waals surface area contributed by atoms with Crippen LogP contribution in [0.15, 0.2) is 52.2 Å². The average Bonchev–Trinajstić information content (AvgIpc) is 2.41. The van der Waals surface area contributed by atoms with Crippen molar-refractivity contribution in [2.75, 3.05) is 0 Å². The number of hydrogen-bond acceptors (Lipinski definition) is 1. The van der Waals surface area contributed by atoms with Gasteiger partial charge in [-0.25, -0.2) is 4.99 Å². The molecule has 1 rings (SSSR count). The van der Waals surface area contributed by atoms with E-state index in [1.54, 1.807) is 0 Å². The van der Waals surface area contributed by atoms with Crippen molar-refractivity contribution in [3.05, 3.63) is 47.2 Å². The summed E-state index contributed by atoms with van der Waals surface area (Å²) in [5, 5.41) is 0.535. The van der Waals surface area contributed by atoms with Crippen LogP contribution < -0.4 is 0 Å². The number of aliphatic imine (C=N–C) groups is 1. The number of nitrogens with zero attached hydrogens (tertiary/aromatic N) is 1. The van der Waals surface area contributed by atoms with E-state index in [-0.39, 0.29) is 0 Å². The first kappa shape index (κ1) is 13.0. The Morgan fingerprint density at radius 1 is 1.50 bits per heavy atom. The van der Waals surface area contributed by atoms with E-state index in [0.717, 1.165) is 24.1 Å². The van der Waals surface area contributed by atoms with Gasteiger partial charge in [0.05, 0.1) is 5.70 Å². The monoisotopic (exact) mass is 235 g/mol. The number of hydrogen-bond donors (Lipinski definition) is 0. The largest absolute Gasteiger partial charge is 0.237 e. The maximum Gasteiger partial charge on any atom is 0.129 e. The number of halogens is 1. The normalized spacial score (nSPS) is 16.4. The van der Waals surface area contributed by atoms with E-state index in [1.807, 2.05) is 26.0 Å². The molecule has 1 nitrogen and oxygen atoms in total. The molecular formula is C14H18ClN. The second-order valence-electron chi connectivity index (χ2n) is 4.00. The average molecular weight is 236 g/mol. The van der Waals surface area contributed by atoms with Crippen LogP contribution in [0.25, 0.3) is 0 Å². The highest BCUT2D eigenvalue weighted by Crippen LogP contribution is 2.15. The van der Waals surface area contributed by atoms with Gasteiger partial charge in [-0.2, -0.15) is 0 Å². The van der Waals surface area contributed by atoms with Crippen molar-refractivity contribution >= 4 is 16.8 Å². The van der Waals surface area contributed by atoms with E-state index in [0.29, 0.717) is 5.17 Å². The molecule has 2 heteroatoms. The van der Waals surface area contributed by atoms with Gasteiger partial charge in [-0.1, -0.05) is 36.2 Å². The molecule has 0 aromatic rings. The van der Waals surface area contributed by atoms with Crippen LogP contribution in [0.3, 0.4) is 0 Å². The lowest BCUT2D eigenvalue weighted by molar-refractivity contribution is 1.12. The molecule has 0 bridgehead atoms. The molecule has 0 heterocycles. The van der Waals surface area contributed by atoms with Gasteiger partial charge in [-0.3, -0.25) is 0 Å². The first-order chi connectivity index (χ1) is 7.61. The van der Waals surface area contributed by atoms with Crippen molar-refractivity contribution < 1.29 is 0 Å². The Bertz CT molecular complexity index is 391. The fraction of sp³-hybridized carbons (Fsp3) is 0.357. The summed E-state index contributed by atoms with van der Waals surface area (Å²) in [4.78, 5) is 4.37. The fourth-order valence-corrected chi connectivity index (χ4v) is 1.73. The predicted octanol–water partition coefficient (Wildman–Crippen LogP) is 4.77. The Kier molecular flexibility index (Phi) is 5.27. The number of allylic oxidation sites excluding steroid dienone is 7. The molecule has 0 aromatic carbocycles. The van der Waals surface area contributed by atoms with Crippen molar-refractivity contribution in [3.63, 3.8) is 0 Å². The zero-order valence-electron chi connectivity index (χ0n) is 10.1. The summed E-state index contributed by atoms with van der Waals surface area (Å²) in [6, 6.07) is 0. The van der Waals surface area contributed by atoms with Crippen molar-refractivity contribution in [2.24, 2.45) is 4.99 Å². The molecule has 0 unspecified atom stereocenters. The van der Waals surface area contributed by atoms with Gasteiger partial charge in [0, 0.05) is 0 Å². The van der Waals surface area contributed by atoms with Crippen molar-refractivity contribution in [2.45, 2.75) is 33.6 Å². The smallest absolute Gasteiger partial charge is 0.129 e. The third kappa shape index (κ3) is 4.63. The van der Waals surface area contributed by atoms with Crippen LogP contribution in [0.2, 0.25) is 0 Å². The van der Waals surface area contributed by atoms with Gasteiger partial charge in [-0.05, 0) is 50.5 Å². The van der Waals surface area contributed by atoms with Crippen LogP contribution >= 0.6 is 11.6 Å². The molecule has 0 spiro atoms. The van der Waals surface area contributed by atoms with E-state index in [1.165, 1.54) is 5.57 Å². The molecule has 16 heavy (non-hydrogen) atoms. The SMILES string of the molecule is CCC1=CCC=CC(N=C(Cl)C=C(C)C)=C1. The summed E-state index contributed by atoms with van der Waals surface area (Å²) in [7, 11) is 0. The second-order valence-corrected chi connectivity index (χ2v) is 4.38. The molecule has 0 saturated heterocycles. The Morgan fingerprint density at radius 3 is 2.88 bits per heavy atom. The minimum absolute atomic E-state index is 0.535. The maximum absolute atomic E-state index is 6.03. The molecule has 0 fully saturated rings. The molecule has 0 aliphatic heterocycles. The van der Waals surface area contributed by atoms with Gasteiger partial charge in [0.15, 0.2) is 0 Å². The van der Waals surface area contributed by atoms with Crippen LogP contribution in [0.4, 0.5) is 0 Å². The highest BCUT2D eigenvalue weighted by atomic mass is 35.5. The summed E-state index contributed by atoms with van der Waals surface area (Å²) in [6.45, 7) is 6.16. The van der Waals surface area contributed by atoms with Crippen LogP contribution in [-0.4, -0.2) is 5.17 Å². The summed E-state index contributed by atoms with van der Waals surface area (Å²) >= 11 is 6.03. The zero-order chi connectivity index (χ0) is 12.0. The summed E-state index contributed by atoms with van der Waals surface area (Å²) < 4.78 is 0. The van der Waals surface area contributed by atoms with E-state index in [9.17, 15) is 0 Å². The Morgan fingerprint density at radius 2 is 2.25 bits per heavy atom. The summed E-state index contributed by atoms with van der Waals surface area (Å²) in [5.41, 5.74) is 3.39. The van der Waals surface area contributed by atoms with Gasteiger partial charge >= 0.3 is 0 Å². The van der Waals surface area contributed by atoms with Crippen LogP contribution in [0, 0.1) is 0 Å². The van der Waals surface area contributed by atoms with Gasteiger partial charge in [0.1, 0.15) is 5.17 Å². The Hall–Kier alpha value is -1.08. The van der Waals surface area contributed by atoms with Crippen molar-refractivity contribution in [3.8, 4) is 0 Å². The maximum atomic E-state index is 6.03. The van der Waals surface area contributed by atoms with Gasteiger partial charge in [0.2, 0.25) is 0 Å². The van der Waals surface area contributed by atoms with Crippen molar-refractivity contribution in [1.82, 2.24) is 0 Å². The predicted molar refractivity (Wildman–Crippen MR) is 72.9 cm³/mol. The summed E-state index contributed by atoms with van der Waals surface area (Å²) in [5.74, 6) is 0. The molecule has 0 atom stereocenters. The van der Waals surface area contributed by atoms with Crippen LogP contribution in [0.5, 0.6) is 0 Å². The standard InChI is InChI=1S/C14H18ClN/c1-4-12-7-5-6-8-13(10-12)16-14(15)9-11(2)3/h6-10H,4-5H2,1-3H3. The molecule has 1 aliphatic carbocycles. The molecule has 0 N–H and O–H groups in total. The highest BCUT2D eigenvalue weighted by Gasteiger charge is 1.98. The topological polar surface area (TPSA) is 12.4 Å². The Balaban J connectivity index is 2.91. The zero-order valence-corrected chi connectivity index (χ0v) is 10.9. The van der Waals surface area contributed by atoms with E-state index in [2.05, 4.69) is 30.1 Å². The molecule has 0 amide bonds. The second kappa shape index (κ2) is 6.49. The fourth-order valence-electron chi connectivity index (χ4n) is 1.41. The molecule has 0 aromatic heterocycles. The van der Waals surface area contributed by atoms with Gasteiger partial charge in [0.25, 0.3) is 0 Å². The van der Waals surface area contributed by atoms with Crippen LogP contribution in [-0.2, 0) is 0 Å². The first-order valence-electron chi connectivity index (χ1n) is 5.58. The molecule has 0 saturated carbocycles. The minimum Gasteiger partial charge on any atom is -0.237 e. The molecule has 0 radical (unpaired) electrons. The van der Waals surface area contributed by atoms with E-state index in [4.69, 9.17) is 11.6 Å². The lowest BCUT2D eigenvalue weighted by Gasteiger charge is -1.97. The third-order valence-electron chi connectivity index (χ3n) is 2.19. The molecular weight excluding hydrogens is 218 g/mol. The van der Waals surface area contributed by atoms with Gasteiger partial charge < -0.3 is 0 Å². The first-order valence-corrected chi connectivity index (χ1v) is 5.96. The lowest BCUT2D eigenvalue weighted by atomic mass is 10.1. The Labute approximate surface area is 103 Å². The van der Waals surface area contributed by atoms with Gasteiger partial charge in [-0.15, -0.1) is 0 Å². The van der Waals surface area contributed by atoms with E-state index < -0.39 is 0 Å². The van der Waals surface area contributed by atoms with E-state index >= 15 is 0 Å². The van der Waals surface area contributed by atoms with Crippen molar-refractivity contribution in [1.29, 1.82) is 0 Å².